The Bertz CT molecular complexity index is 1180. The first-order valence-corrected chi connectivity index (χ1v) is 11.5. The van der Waals surface area contributed by atoms with E-state index in [9.17, 15) is 4.79 Å². The lowest BCUT2D eigenvalue weighted by atomic mass is 9.86. The zero-order valence-corrected chi connectivity index (χ0v) is 20.0. The number of carbonyl (C=O) groups excluding carboxylic acids is 1. The standard InChI is InChI=1S/C27H30N4O.ClH/c1-17-13-18(2)30-25(17)15-23-22-11-8-20(24-5-3-4-12-29-24)14-26(22)31(27(23)32)16-19-6-9-21(28)10-7-19;/h3-5,8,11-15,19,21,30H,6-7,9-10,16,28H2,1-2H3;1H/b23-15-;. The fourth-order valence-corrected chi connectivity index (χ4v) is 5.04. The van der Waals surface area contributed by atoms with E-state index >= 15 is 0 Å². The van der Waals surface area contributed by atoms with Crippen LogP contribution in [-0.2, 0) is 4.79 Å². The summed E-state index contributed by atoms with van der Waals surface area (Å²) < 4.78 is 0. The van der Waals surface area contributed by atoms with E-state index in [2.05, 4.69) is 41.2 Å². The molecule has 1 fully saturated rings. The van der Waals surface area contributed by atoms with Crippen molar-refractivity contribution in [2.45, 2.75) is 45.6 Å². The summed E-state index contributed by atoms with van der Waals surface area (Å²) in [5.41, 5.74) is 14.0. The molecule has 3 heterocycles. The van der Waals surface area contributed by atoms with Gasteiger partial charge in [-0.05, 0) is 81.4 Å². The molecule has 1 aliphatic heterocycles. The van der Waals surface area contributed by atoms with E-state index in [1.54, 1.807) is 6.20 Å². The molecule has 33 heavy (non-hydrogen) atoms. The molecule has 5 rings (SSSR count). The van der Waals surface area contributed by atoms with Crippen molar-refractivity contribution in [3.63, 3.8) is 0 Å². The number of nitrogens with two attached hydrogens (primary N) is 1. The number of H-pyrrole nitrogens is 1. The number of aryl methyl sites for hydroxylation is 2. The number of pyridine rings is 1. The van der Waals surface area contributed by atoms with Gasteiger partial charge in [-0.25, -0.2) is 0 Å². The molecule has 2 aliphatic rings. The van der Waals surface area contributed by atoms with Crippen molar-refractivity contribution in [1.29, 1.82) is 0 Å². The fraction of sp³-hybridized carbons (Fsp3) is 0.333. The number of amides is 1. The Hall–Kier alpha value is -2.89. The molecule has 0 bridgehead atoms. The number of carbonyl (C=O) groups is 1. The lowest BCUT2D eigenvalue weighted by molar-refractivity contribution is -0.113. The van der Waals surface area contributed by atoms with Crippen LogP contribution in [0.5, 0.6) is 0 Å². The number of benzene rings is 1. The molecule has 0 spiro atoms. The van der Waals surface area contributed by atoms with Gasteiger partial charge in [0.25, 0.3) is 5.91 Å². The molecule has 0 saturated heterocycles. The minimum absolute atomic E-state index is 0. The third kappa shape index (κ3) is 4.61. The van der Waals surface area contributed by atoms with E-state index in [-0.39, 0.29) is 18.3 Å². The average molecular weight is 463 g/mol. The normalized spacial score (nSPS) is 21.2. The number of nitrogens with zero attached hydrogens (tertiary/aromatic N) is 2. The molecule has 6 heteroatoms. The summed E-state index contributed by atoms with van der Waals surface area (Å²) in [6.07, 6.45) is 8.05. The second kappa shape index (κ2) is 9.54. The van der Waals surface area contributed by atoms with Gasteiger partial charge in [-0.2, -0.15) is 0 Å². The van der Waals surface area contributed by atoms with Gasteiger partial charge in [0, 0.05) is 41.3 Å². The summed E-state index contributed by atoms with van der Waals surface area (Å²) in [7, 11) is 0. The second-order valence-corrected chi connectivity index (χ2v) is 9.25. The number of nitrogens with one attached hydrogen (secondary N) is 1. The van der Waals surface area contributed by atoms with E-state index in [4.69, 9.17) is 5.73 Å². The molecule has 172 valence electrons. The van der Waals surface area contributed by atoms with Crippen molar-refractivity contribution in [3.8, 4) is 11.3 Å². The number of aromatic amines is 1. The monoisotopic (exact) mass is 462 g/mol. The van der Waals surface area contributed by atoms with Gasteiger partial charge in [-0.15, -0.1) is 12.4 Å². The molecule has 2 aromatic heterocycles. The highest BCUT2D eigenvalue weighted by Gasteiger charge is 2.35. The maximum absolute atomic E-state index is 13.7. The number of hydrogen-bond acceptors (Lipinski definition) is 3. The van der Waals surface area contributed by atoms with Gasteiger partial charge >= 0.3 is 0 Å². The summed E-state index contributed by atoms with van der Waals surface area (Å²) in [4.78, 5) is 23.6. The summed E-state index contributed by atoms with van der Waals surface area (Å²) in [5, 5.41) is 0. The fourth-order valence-electron chi connectivity index (χ4n) is 5.04. The quantitative estimate of drug-likeness (QED) is 0.501. The van der Waals surface area contributed by atoms with E-state index in [0.717, 1.165) is 77.3 Å². The zero-order valence-electron chi connectivity index (χ0n) is 19.2. The van der Waals surface area contributed by atoms with Gasteiger partial charge < -0.3 is 15.6 Å². The van der Waals surface area contributed by atoms with Crippen molar-refractivity contribution >= 4 is 35.7 Å². The summed E-state index contributed by atoms with van der Waals surface area (Å²) in [5.74, 6) is 0.568. The Morgan fingerprint density at radius 2 is 1.91 bits per heavy atom. The van der Waals surface area contributed by atoms with E-state index in [1.165, 1.54) is 0 Å². The Kier molecular flexibility index (Phi) is 6.73. The highest BCUT2D eigenvalue weighted by atomic mass is 35.5. The SMILES string of the molecule is Cc1cc(C)c(/C=C2\C(=O)N(CC3CCC(N)CC3)c3cc(-c4ccccn4)ccc32)[nH]1.Cl. The molecule has 1 aromatic carbocycles. The molecule has 0 atom stereocenters. The van der Waals surface area contributed by atoms with Gasteiger partial charge in [0.2, 0.25) is 0 Å². The maximum Gasteiger partial charge on any atom is 0.259 e. The minimum atomic E-state index is 0. The van der Waals surface area contributed by atoms with Crippen molar-refractivity contribution in [1.82, 2.24) is 9.97 Å². The highest BCUT2D eigenvalue weighted by Crippen LogP contribution is 2.41. The lowest BCUT2D eigenvalue weighted by Gasteiger charge is -2.30. The molecular weight excluding hydrogens is 432 g/mol. The van der Waals surface area contributed by atoms with Crippen LogP contribution in [0.15, 0.2) is 48.7 Å². The van der Waals surface area contributed by atoms with Crippen LogP contribution in [0.3, 0.4) is 0 Å². The Morgan fingerprint density at radius 3 is 2.58 bits per heavy atom. The largest absolute Gasteiger partial charge is 0.359 e. The molecule has 0 unspecified atom stereocenters. The van der Waals surface area contributed by atoms with E-state index < -0.39 is 0 Å². The maximum atomic E-state index is 13.7. The first-order chi connectivity index (χ1) is 15.5. The first kappa shape index (κ1) is 23.3. The predicted octanol–water partition coefficient (Wildman–Crippen LogP) is 5.52. The van der Waals surface area contributed by atoms with Gasteiger partial charge in [0.1, 0.15) is 0 Å². The van der Waals surface area contributed by atoms with Gasteiger partial charge in [0.15, 0.2) is 0 Å². The van der Waals surface area contributed by atoms with E-state index in [0.29, 0.717) is 12.0 Å². The van der Waals surface area contributed by atoms with Crippen LogP contribution in [0.25, 0.3) is 22.9 Å². The van der Waals surface area contributed by atoms with Crippen molar-refractivity contribution < 1.29 is 4.79 Å². The average Bonchev–Trinajstić information content (AvgIpc) is 3.26. The third-order valence-electron chi connectivity index (χ3n) is 6.83. The van der Waals surface area contributed by atoms with Crippen LogP contribution in [0, 0.1) is 19.8 Å². The Morgan fingerprint density at radius 1 is 1.12 bits per heavy atom. The first-order valence-electron chi connectivity index (χ1n) is 11.5. The zero-order chi connectivity index (χ0) is 22.2. The van der Waals surface area contributed by atoms with Crippen LogP contribution in [-0.4, -0.2) is 28.5 Å². The number of anilines is 1. The smallest absolute Gasteiger partial charge is 0.259 e. The van der Waals surface area contributed by atoms with Crippen molar-refractivity contribution in [2.24, 2.45) is 11.7 Å². The molecule has 5 nitrogen and oxygen atoms in total. The number of aromatic nitrogens is 2. The number of fused-ring (bicyclic) bond motifs is 1. The number of halogens is 1. The Balaban J connectivity index is 0.00000259. The summed E-state index contributed by atoms with van der Waals surface area (Å²) in [6, 6.07) is 14.6. The lowest BCUT2D eigenvalue weighted by Crippen LogP contribution is -2.36. The predicted molar refractivity (Wildman–Crippen MR) is 137 cm³/mol. The van der Waals surface area contributed by atoms with Gasteiger partial charge in [0.05, 0.1) is 17.0 Å². The van der Waals surface area contributed by atoms with Crippen LogP contribution in [0.1, 0.15) is 48.2 Å². The van der Waals surface area contributed by atoms with Crippen molar-refractivity contribution in [2.75, 3.05) is 11.4 Å². The van der Waals surface area contributed by atoms with Crippen LogP contribution >= 0.6 is 12.4 Å². The molecule has 1 amide bonds. The summed E-state index contributed by atoms with van der Waals surface area (Å²) in [6.45, 7) is 4.85. The van der Waals surface area contributed by atoms with Gasteiger partial charge in [-0.1, -0.05) is 18.2 Å². The molecule has 1 aliphatic carbocycles. The van der Waals surface area contributed by atoms with Gasteiger partial charge in [-0.3, -0.25) is 9.78 Å². The van der Waals surface area contributed by atoms with Crippen LogP contribution in [0.4, 0.5) is 5.69 Å². The molecule has 3 aromatic rings. The van der Waals surface area contributed by atoms with Crippen LogP contribution < -0.4 is 10.6 Å². The number of hydrogen-bond donors (Lipinski definition) is 2. The number of rotatable bonds is 4. The molecular formula is C27H31ClN4O. The minimum Gasteiger partial charge on any atom is -0.359 e. The van der Waals surface area contributed by atoms with E-state index in [1.807, 2.05) is 36.1 Å². The molecule has 0 radical (unpaired) electrons. The third-order valence-corrected chi connectivity index (χ3v) is 6.83. The molecule has 3 N–H and O–H groups in total. The molecule has 1 saturated carbocycles. The Labute approximate surface area is 201 Å². The topological polar surface area (TPSA) is 75.0 Å². The highest BCUT2D eigenvalue weighted by molar-refractivity contribution is 6.36. The summed E-state index contributed by atoms with van der Waals surface area (Å²) >= 11 is 0. The van der Waals surface area contributed by atoms with Crippen molar-refractivity contribution in [3.05, 3.63) is 71.2 Å². The second-order valence-electron chi connectivity index (χ2n) is 9.25. The van der Waals surface area contributed by atoms with Crippen LogP contribution in [0.2, 0.25) is 0 Å².